The third kappa shape index (κ3) is 39.4. The van der Waals surface area contributed by atoms with Crippen LogP contribution in [0, 0.1) is 0 Å². The van der Waals surface area contributed by atoms with E-state index in [9.17, 15) is 14.7 Å². The van der Waals surface area contributed by atoms with Gasteiger partial charge in [-0.25, -0.2) is 0 Å². The molecule has 1 rings (SSSR count). The average molecular weight is 961 g/mol. The minimum atomic E-state index is -0.306. The molecule has 1 N–H and O–H groups in total. The largest absolute Gasteiger partial charge is 0.391 e. The van der Waals surface area contributed by atoms with Crippen molar-refractivity contribution in [2.75, 3.05) is 52.5 Å². The molecule has 404 valence electrons. The van der Waals surface area contributed by atoms with Crippen LogP contribution in [0.4, 0.5) is 0 Å². The van der Waals surface area contributed by atoms with Crippen molar-refractivity contribution in [3.05, 3.63) is 0 Å². The number of aliphatic hydroxyl groups is 1. The smallest absolute Gasteiger partial charge is 0.222 e. The van der Waals surface area contributed by atoms with Crippen molar-refractivity contribution in [2.45, 2.75) is 329 Å². The summed E-state index contributed by atoms with van der Waals surface area (Å²) in [5.74, 6) is 0.787. The molecule has 0 radical (unpaired) electrons. The molecular weight excluding hydrogens is 839 g/mol. The highest BCUT2D eigenvalue weighted by molar-refractivity contribution is 5.76. The standard InChI is InChI=1S/C61H121N3O4/c1-5-9-13-17-21-25-33-43-52-63(53-44-34-26-22-18-14-10-6-2)60(66)47-39-31-29-37-41-50-62(58-57-68-56-49-59(58)65)51-42-38-30-32-40-48-61(67)64(54-45-35-27-23-19-15-11-7-3)55-46-36-28-24-20-16-12-8-4/h58-59,65H,5-57H2,1-4H3/t58-,59-/m1/s1. The van der Waals surface area contributed by atoms with Crippen LogP contribution in [0.5, 0.6) is 0 Å². The van der Waals surface area contributed by atoms with Gasteiger partial charge >= 0.3 is 0 Å². The Hall–Kier alpha value is -1.18. The number of hydrogen-bond donors (Lipinski definition) is 1. The zero-order valence-corrected chi connectivity index (χ0v) is 46.6. The van der Waals surface area contributed by atoms with E-state index in [2.05, 4.69) is 42.4 Å². The number of hydrogen-bond acceptors (Lipinski definition) is 5. The molecule has 0 aromatic carbocycles. The highest BCUT2D eigenvalue weighted by Crippen LogP contribution is 2.20. The van der Waals surface area contributed by atoms with Crippen LogP contribution < -0.4 is 0 Å². The maximum atomic E-state index is 13.5. The van der Waals surface area contributed by atoms with Crippen molar-refractivity contribution in [1.82, 2.24) is 14.7 Å². The molecular formula is C61H121N3O4. The predicted molar refractivity (Wildman–Crippen MR) is 296 cm³/mol. The molecule has 7 heteroatoms. The zero-order valence-electron chi connectivity index (χ0n) is 46.6. The van der Waals surface area contributed by atoms with E-state index in [0.29, 0.717) is 37.9 Å². The number of ether oxygens (including phenoxy) is 1. The topological polar surface area (TPSA) is 73.3 Å². The van der Waals surface area contributed by atoms with Crippen molar-refractivity contribution in [1.29, 1.82) is 0 Å². The lowest BCUT2D eigenvalue weighted by Gasteiger charge is -2.37. The summed E-state index contributed by atoms with van der Waals surface area (Å²) in [5.41, 5.74) is 0. The molecule has 0 aromatic rings. The number of aliphatic hydroxyl groups excluding tert-OH is 1. The number of rotatable bonds is 53. The Kier molecular flexibility index (Phi) is 48.4. The minimum Gasteiger partial charge on any atom is -0.391 e. The quantitative estimate of drug-likeness (QED) is 0.0615. The summed E-state index contributed by atoms with van der Waals surface area (Å²) in [7, 11) is 0. The minimum absolute atomic E-state index is 0.0974. The van der Waals surface area contributed by atoms with Crippen LogP contribution in [0.15, 0.2) is 0 Å². The van der Waals surface area contributed by atoms with Gasteiger partial charge in [0.25, 0.3) is 0 Å². The van der Waals surface area contributed by atoms with Crippen molar-refractivity contribution in [3.8, 4) is 0 Å². The van der Waals surface area contributed by atoms with Crippen LogP contribution in [0.1, 0.15) is 317 Å². The van der Waals surface area contributed by atoms with Crippen molar-refractivity contribution in [3.63, 3.8) is 0 Å². The molecule has 0 bridgehead atoms. The second-order valence-corrected chi connectivity index (χ2v) is 21.7. The highest BCUT2D eigenvalue weighted by Gasteiger charge is 2.29. The lowest BCUT2D eigenvalue weighted by Crippen LogP contribution is -2.50. The molecule has 1 heterocycles. The van der Waals surface area contributed by atoms with Crippen LogP contribution in [0.25, 0.3) is 0 Å². The SMILES string of the molecule is CCCCCCCCCCN(CCCCCCCCCC)C(=O)CCCCCCCN(CCCCCCCC(=O)N(CCCCCCCCCC)CCCCCCCCCC)[C@@H]1COCC[C@H]1O. The molecule has 0 spiro atoms. The van der Waals surface area contributed by atoms with Crippen LogP contribution in [-0.2, 0) is 14.3 Å². The second kappa shape index (κ2) is 50.7. The second-order valence-electron chi connectivity index (χ2n) is 21.7. The van der Waals surface area contributed by atoms with Crippen molar-refractivity contribution >= 4 is 11.8 Å². The summed E-state index contributed by atoms with van der Waals surface area (Å²) in [5, 5.41) is 11.0. The van der Waals surface area contributed by atoms with E-state index < -0.39 is 0 Å². The summed E-state index contributed by atoms with van der Waals surface area (Å²) in [6.07, 6.45) is 55.1. The summed E-state index contributed by atoms with van der Waals surface area (Å²) in [4.78, 5) is 33.9. The molecule has 0 unspecified atom stereocenters. The van der Waals surface area contributed by atoms with Crippen molar-refractivity contribution < 1.29 is 19.4 Å². The molecule has 0 aliphatic carbocycles. The monoisotopic (exact) mass is 960 g/mol. The molecule has 1 fully saturated rings. The van der Waals surface area contributed by atoms with E-state index >= 15 is 0 Å². The first-order chi connectivity index (χ1) is 33.5. The van der Waals surface area contributed by atoms with Gasteiger partial charge in [0.2, 0.25) is 11.8 Å². The number of amides is 2. The van der Waals surface area contributed by atoms with Gasteiger partial charge in [-0.2, -0.15) is 0 Å². The maximum Gasteiger partial charge on any atom is 0.222 e. The third-order valence-electron chi connectivity index (χ3n) is 15.3. The molecule has 0 saturated carbocycles. The van der Waals surface area contributed by atoms with Crippen LogP contribution in [0.3, 0.4) is 0 Å². The van der Waals surface area contributed by atoms with Crippen LogP contribution in [-0.4, -0.2) is 96.2 Å². The van der Waals surface area contributed by atoms with Gasteiger partial charge in [0.1, 0.15) is 0 Å². The summed E-state index contributed by atoms with van der Waals surface area (Å²) < 4.78 is 5.88. The number of carbonyl (C=O) groups is 2. The fraction of sp³-hybridized carbons (Fsp3) is 0.967. The van der Waals surface area contributed by atoms with Crippen LogP contribution >= 0.6 is 0 Å². The summed E-state index contributed by atoms with van der Waals surface area (Å²) in [6.45, 7) is 16.3. The van der Waals surface area contributed by atoms with Gasteiger partial charge in [-0.1, -0.05) is 246 Å². The van der Waals surface area contributed by atoms with Gasteiger partial charge < -0.3 is 19.6 Å². The van der Waals surface area contributed by atoms with Gasteiger partial charge in [-0.3, -0.25) is 14.5 Å². The number of unbranched alkanes of at least 4 members (excludes halogenated alkanes) is 36. The third-order valence-corrected chi connectivity index (χ3v) is 15.3. The molecule has 1 aliphatic heterocycles. The van der Waals surface area contributed by atoms with Gasteiger partial charge in [-0.05, 0) is 70.9 Å². The fourth-order valence-corrected chi connectivity index (χ4v) is 10.5. The zero-order chi connectivity index (χ0) is 49.2. The van der Waals surface area contributed by atoms with E-state index in [1.165, 1.54) is 205 Å². The van der Waals surface area contributed by atoms with Gasteiger partial charge in [-0.15, -0.1) is 0 Å². The Labute approximate surface area is 425 Å². The first-order valence-corrected chi connectivity index (χ1v) is 31.0. The fourth-order valence-electron chi connectivity index (χ4n) is 10.5. The maximum absolute atomic E-state index is 13.5. The Morgan fingerprint density at radius 2 is 0.618 bits per heavy atom. The van der Waals surface area contributed by atoms with E-state index in [4.69, 9.17) is 4.74 Å². The normalized spacial score (nSPS) is 15.1. The highest BCUT2D eigenvalue weighted by atomic mass is 16.5. The van der Waals surface area contributed by atoms with E-state index in [1.807, 2.05) is 0 Å². The Morgan fingerprint density at radius 3 is 0.897 bits per heavy atom. The summed E-state index contributed by atoms with van der Waals surface area (Å²) >= 11 is 0. The van der Waals surface area contributed by atoms with E-state index in [0.717, 1.165) is 110 Å². The molecule has 68 heavy (non-hydrogen) atoms. The Bertz CT molecular complexity index is 948. The van der Waals surface area contributed by atoms with Gasteiger partial charge in [0.05, 0.1) is 18.8 Å². The molecule has 2 atom stereocenters. The number of nitrogens with zero attached hydrogens (tertiary/aromatic N) is 3. The Morgan fingerprint density at radius 1 is 0.368 bits per heavy atom. The molecule has 1 aliphatic rings. The summed E-state index contributed by atoms with van der Waals surface area (Å²) in [6, 6.07) is 0.0974. The average Bonchev–Trinajstić information content (AvgIpc) is 3.34. The Balaban J connectivity index is 2.45. The van der Waals surface area contributed by atoms with Gasteiger partial charge in [0, 0.05) is 45.6 Å². The van der Waals surface area contributed by atoms with Crippen molar-refractivity contribution in [2.24, 2.45) is 0 Å². The molecule has 1 saturated heterocycles. The van der Waals surface area contributed by atoms with Gasteiger partial charge in [0.15, 0.2) is 0 Å². The molecule has 7 nitrogen and oxygen atoms in total. The van der Waals surface area contributed by atoms with E-state index in [1.54, 1.807) is 0 Å². The van der Waals surface area contributed by atoms with E-state index in [-0.39, 0.29) is 12.1 Å². The number of carbonyl (C=O) groups excluding carboxylic acids is 2. The first-order valence-electron chi connectivity index (χ1n) is 31.0. The molecule has 2 amide bonds. The first kappa shape index (κ1) is 64.8. The molecule has 0 aromatic heterocycles. The lowest BCUT2D eigenvalue weighted by atomic mass is 10.0. The van der Waals surface area contributed by atoms with Crippen LogP contribution in [0.2, 0.25) is 0 Å². The predicted octanol–water partition coefficient (Wildman–Crippen LogP) is 17.3. The lowest BCUT2D eigenvalue weighted by molar-refractivity contribution is -0.132.